The molecular weight excluding hydrogens is 444 g/mol. The highest BCUT2D eigenvalue weighted by Crippen LogP contribution is 2.29. The number of fused-ring (bicyclic) bond motifs is 1. The third-order valence-electron chi connectivity index (χ3n) is 5.47. The van der Waals surface area contributed by atoms with E-state index in [1.807, 2.05) is 6.07 Å². The second-order valence-electron chi connectivity index (χ2n) is 7.51. The van der Waals surface area contributed by atoms with Crippen molar-refractivity contribution in [1.29, 1.82) is 0 Å². The lowest BCUT2D eigenvalue weighted by atomic mass is 10.1. The molecule has 3 aliphatic rings. The van der Waals surface area contributed by atoms with E-state index < -0.39 is 47.3 Å². The summed E-state index contributed by atoms with van der Waals surface area (Å²) >= 11 is 1.47. The monoisotopic (exact) mass is 466 g/mol. The molecule has 3 saturated heterocycles. The maximum Gasteiger partial charge on any atom is 0.294 e. The minimum atomic E-state index is -0.895. The van der Waals surface area contributed by atoms with Crippen LogP contribution < -0.4 is 10.6 Å². The zero-order valence-electron chi connectivity index (χ0n) is 16.9. The van der Waals surface area contributed by atoms with Gasteiger partial charge in [-0.2, -0.15) is 0 Å². The van der Waals surface area contributed by atoms with Gasteiger partial charge >= 0.3 is 0 Å². The lowest BCUT2D eigenvalue weighted by molar-refractivity contribution is -0.769. The Bertz CT molecular complexity index is 887. The Morgan fingerprint density at radius 1 is 1.19 bits per heavy atom. The predicted octanol–water partition coefficient (Wildman–Crippen LogP) is -0.823. The molecule has 0 spiro atoms. The van der Waals surface area contributed by atoms with E-state index in [1.165, 1.54) is 16.7 Å². The van der Waals surface area contributed by atoms with E-state index in [0.717, 1.165) is 0 Å². The number of hydrogen-bond acceptors (Lipinski definition) is 9. The number of thioether (sulfide) groups is 1. The van der Waals surface area contributed by atoms with Crippen LogP contribution >= 0.6 is 11.8 Å². The van der Waals surface area contributed by atoms with Gasteiger partial charge in [0.05, 0.1) is 31.7 Å². The number of hydrogen-bond donors (Lipinski definition) is 2. The van der Waals surface area contributed by atoms with Gasteiger partial charge in [-0.15, -0.1) is 21.9 Å². The number of nitrogens with zero attached hydrogens (tertiary/aromatic N) is 2. The van der Waals surface area contributed by atoms with E-state index in [9.17, 15) is 24.5 Å². The molecule has 4 rings (SSSR count). The van der Waals surface area contributed by atoms with Gasteiger partial charge in [0.1, 0.15) is 18.2 Å². The zero-order chi connectivity index (χ0) is 22.7. The molecule has 0 saturated carbocycles. The molecule has 1 aromatic carbocycles. The molecule has 1 aromatic rings. The summed E-state index contributed by atoms with van der Waals surface area (Å²) < 4.78 is 11.0. The molecule has 12 nitrogen and oxygen atoms in total. The Balaban J connectivity index is 1.26. The Kier molecular flexibility index (Phi) is 6.77. The predicted molar refractivity (Wildman–Crippen MR) is 110 cm³/mol. The highest BCUT2D eigenvalue weighted by atomic mass is 32.2. The maximum absolute atomic E-state index is 12.7. The summed E-state index contributed by atoms with van der Waals surface area (Å²) in [6, 6.07) is 7.52. The van der Waals surface area contributed by atoms with Gasteiger partial charge in [-0.25, -0.2) is 0 Å². The number of nitrogens with one attached hydrogen (secondary N) is 2. The molecule has 2 N–H and O–H groups in total. The molecule has 0 aliphatic carbocycles. The Labute approximate surface area is 187 Å². The zero-order valence-corrected chi connectivity index (χ0v) is 17.7. The summed E-state index contributed by atoms with van der Waals surface area (Å²) in [5, 5.41) is 14.9. The van der Waals surface area contributed by atoms with Gasteiger partial charge in [-0.1, -0.05) is 18.2 Å². The van der Waals surface area contributed by atoms with Gasteiger partial charge in [-0.05, 0) is 12.1 Å². The van der Waals surface area contributed by atoms with Crippen molar-refractivity contribution in [2.45, 2.75) is 30.4 Å². The minimum Gasteiger partial charge on any atom is -0.371 e. The first kappa shape index (κ1) is 22.3. The summed E-state index contributed by atoms with van der Waals surface area (Å²) in [7, 11) is 0. The number of ether oxygens (including phenoxy) is 2. The van der Waals surface area contributed by atoms with E-state index in [4.69, 9.17) is 9.47 Å². The second-order valence-corrected chi connectivity index (χ2v) is 8.51. The van der Waals surface area contributed by atoms with Crippen molar-refractivity contribution in [1.82, 2.24) is 15.5 Å². The molecule has 0 unspecified atom stereocenters. The van der Waals surface area contributed by atoms with Crippen molar-refractivity contribution in [3.63, 3.8) is 0 Å². The molecular formula is C19H22N4O8S. The third-order valence-corrected chi connectivity index (χ3v) is 6.48. The van der Waals surface area contributed by atoms with Crippen LogP contribution in [0, 0.1) is 10.1 Å². The van der Waals surface area contributed by atoms with Crippen LogP contribution in [0.25, 0.3) is 0 Å². The molecule has 0 radical (unpaired) electrons. The van der Waals surface area contributed by atoms with Crippen molar-refractivity contribution in [2.75, 3.05) is 31.4 Å². The first-order chi connectivity index (χ1) is 15.4. The van der Waals surface area contributed by atoms with Gasteiger partial charge < -0.3 is 29.8 Å². The fourth-order valence-corrected chi connectivity index (χ4v) is 5.09. The van der Waals surface area contributed by atoms with Crippen LogP contribution in [-0.2, 0) is 23.9 Å². The molecule has 5 atom stereocenters. The summed E-state index contributed by atoms with van der Waals surface area (Å²) in [6.45, 7) is -0.175. The highest BCUT2D eigenvalue weighted by molar-refractivity contribution is 7.99. The van der Waals surface area contributed by atoms with Crippen molar-refractivity contribution in [3.05, 3.63) is 46.0 Å². The van der Waals surface area contributed by atoms with Crippen molar-refractivity contribution < 1.29 is 33.8 Å². The molecule has 3 aliphatic heterocycles. The molecule has 3 fully saturated rings. The standard InChI is InChI=1S/C19H22N4O8S/c24-15(21-12-7-29-17-14(31-23(27)28)8-30-16(12)17)6-20-18(25)13-9-32-10-22(13)19(26)11-4-2-1-3-5-11/h1-5,12-14,16-17H,6-10H2,(H,20,25)(H,21,24)/t12-,13-,14-,16+,17+/m0/s1. The number of benzene rings is 1. The van der Waals surface area contributed by atoms with Crippen molar-refractivity contribution in [3.8, 4) is 0 Å². The van der Waals surface area contributed by atoms with Gasteiger partial charge in [0.15, 0.2) is 6.10 Å². The lowest BCUT2D eigenvalue weighted by Gasteiger charge is -2.23. The SMILES string of the molecule is O=C(CNC(=O)[C@@H]1CSCN1C(=O)c1ccccc1)N[C@H]1CO[C@H]2[C@@H]1OC[C@@H]2O[N+](=O)[O-]. The minimum absolute atomic E-state index is 0.00988. The average molecular weight is 466 g/mol. The molecule has 3 heterocycles. The van der Waals surface area contributed by atoms with Crippen LogP contribution in [0.15, 0.2) is 30.3 Å². The normalized spacial score (nSPS) is 28.8. The molecule has 0 aromatic heterocycles. The summed E-state index contributed by atoms with van der Waals surface area (Å²) in [5.74, 6) is -0.268. The van der Waals surface area contributed by atoms with Crippen molar-refractivity contribution >= 4 is 29.5 Å². The largest absolute Gasteiger partial charge is 0.371 e. The maximum atomic E-state index is 12.7. The van der Waals surface area contributed by atoms with E-state index >= 15 is 0 Å². The first-order valence-electron chi connectivity index (χ1n) is 9.99. The number of rotatable bonds is 7. The van der Waals surface area contributed by atoms with Crippen LogP contribution in [0.3, 0.4) is 0 Å². The number of amides is 3. The smallest absolute Gasteiger partial charge is 0.294 e. The van der Waals surface area contributed by atoms with E-state index in [2.05, 4.69) is 15.5 Å². The number of carbonyl (C=O) groups excluding carboxylic acids is 3. The molecule has 172 valence electrons. The highest BCUT2D eigenvalue weighted by Gasteiger charge is 2.49. The quantitative estimate of drug-likeness (QED) is 0.388. The molecule has 3 amide bonds. The van der Waals surface area contributed by atoms with E-state index in [0.29, 0.717) is 17.2 Å². The van der Waals surface area contributed by atoms with Crippen molar-refractivity contribution in [2.24, 2.45) is 0 Å². The third kappa shape index (κ3) is 4.79. The topological polar surface area (TPSA) is 149 Å². The van der Waals surface area contributed by atoms with E-state index in [-0.39, 0.29) is 25.7 Å². The van der Waals surface area contributed by atoms with Gasteiger partial charge in [0, 0.05) is 11.3 Å². The lowest BCUT2D eigenvalue weighted by Crippen LogP contribution is -2.51. The van der Waals surface area contributed by atoms with Crippen LogP contribution in [0.4, 0.5) is 0 Å². The Hall–Kier alpha value is -2.90. The summed E-state index contributed by atoms with van der Waals surface area (Å²) in [5.41, 5.74) is 0.497. The summed E-state index contributed by atoms with van der Waals surface area (Å²) in [6.07, 6.45) is -2.05. The average Bonchev–Trinajstić information content (AvgIpc) is 3.51. The van der Waals surface area contributed by atoms with Gasteiger partial charge in [-0.3, -0.25) is 14.4 Å². The molecule has 0 bridgehead atoms. The second kappa shape index (κ2) is 9.71. The molecule has 13 heteroatoms. The fraction of sp³-hybridized carbons (Fsp3) is 0.526. The Morgan fingerprint density at radius 2 is 1.94 bits per heavy atom. The fourth-order valence-electron chi connectivity index (χ4n) is 3.94. The van der Waals surface area contributed by atoms with Crippen LogP contribution in [0.2, 0.25) is 0 Å². The Morgan fingerprint density at radius 3 is 2.69 bits per heavy atom. The van der Waals surface area contributed by atoms with E-state index in [1.54, 1.807) is 24.3 Å². The van der Waals surface area contributed by atoms with Crippen LogP contribution in [-0.4, -0.2) is 89.5 Å². The van der Waals surface area contributed by atoms with Gasteiger partial charge in [0.25, 0.3) is 11.0 Å². The first-order valence-corrected chi connectivity index (χ1v) is 11.1. The number of carbonyl (C=O) groups is 3. The van der Waals surface area contributed by atoms with Gasteiger partial charge in [0.2, 0.25) is 11.8 Å². The summed E-state index contributed by atoms with van der Waals surface area (Å²) in [4.78, 5) is 54.3. The van der Waals surface area contributed by atoms with Crippen LogP contribution in [0.5, 0.6) is 0 Å². The molecule has 32 heavy (non-hydrogen) atoms. The van der Waals surface area contributed by atoms with Crippen LogP contribution in [0.1, 0.15) is 10.4 Å².